The molecule has 28 heavy (non-hydrogen) atoms. The van der Waals surface area contributed by atoms with Crippen LogP contribution in [0.2, 0.25) is 10.0 Å². The van der Waals surface area contributed by atoms with Crippen LogP contribution in [0.1, 0.15) is 5.76 Å². The van der Waals surface area contributed by atoms with Crippen molar-refractivity contribution >= 4 is 57.9 Å². The van der Waals surface area contributed by atoms with E-state index in [0.29, 0.717) is 32.8 Å². The van der Waals surface area contributed by atoms with Gasteiger partial charge in [-0.15, -0.1) is 0 Å². The summed E-state index contributed by atoms with van der Waals surface area (Å²) in [6.45, 7) is 0. The number of phenols is 1. The van der Waals surface area contributed by atoms with Crippen LogP contribution in [-0.4, -0.2) is 16.3 Å². The summed E-state index contributed by atoms with van der Waals surface area (Å²) < 4.78 is 5.76. The Balaban J connectivity index is 1.64. The second kappa shape index (κ2) is 7.39. The Morgan fingerprint density at radius 2 is 1.86 bits per heavy atom. The van der Waals surface area contributed by atoms with Gasteiger partial charge in [0.25, 0.3) is 11.1 Å². The minimum absolute atomic E-state index is 0.0328. The highest BCUT2D eigenvalue weighted by molar-refractivity contribution is 8.19. The molecule has 4 rings (SSSR count). The van der Waals surface area contributed by atoms with Crippen LogP contribution in [0.5, 0.6) is 5.75 Å². The molecule has 1 aliphatic heterocycles. The van der Waals surface area contributed by atoms with Crippen molar-refractivity contribution in [1.29, 1.82) is 0 Å². The van der Waals surface area contributed by atoms with Crippen molar-refractivity contribution in [1.82, 2.24) is 0 Å². The number of rotatable bonds is 3. The molecule has 0 radical (unpaired) electrons. The summed E-state index contributed by atoms with van der Waals surface area (Å²) in [6, 6.07) is 14.4. The Morgan fingerprint density at radius 1 is 1.04 bits per heavy atom. The van der Waals surface area contributed by atoms with Gasteiger partial charge >= 0.3 is 0 Å². The van der Waals surface area contributed by atoms with E-state index in [1.807, 2.05) is 0 Å². The van der Waals surface area contributed by atoms with E-state index in [-0.39, 0.29) is 10.7 Å². The number of carbonyl (C=O) groups excluding carboxylic acids is 2. The van der Waals surface area contributed by atoms with Crippen LogP contribution in [0.25, 0.3) is 17.4 Å². The van der Waals surface area contributed by atoms with Crippen molar-refractivity contribution < 1.29 is 19.1 Å². The van der Waals surface area contributed by atoms with Crippen LogP contribution in [0.4, 0.5) is 10.5 Å². The first-order valence-corrected chi connectivity index (χ1v) is 9.62. The van der Waals surface area contributed by atoms with Gasteiger partial charge in [0.1, 0.15) is 17.3 Å². The molecule has 0 aliphatic carbocycles. The lowest BCUT2D eigenvalue weighted by molar-refractivity contribution is -0.113. The van der Waals surface area contributed by atoms with E-state index in [1.165, 1.54) is 18.2 Å². The Morgan fingerprint density at radius 3 is 2.64 bits per heavy atom. The highest BCUT2D eigenvalue weighted by Gasteiger charge is 2.36. The highest BCUT2D eigenvalue weighted by Crippen LogP contribution is 2.38. The molecule has 1 N–H and O–H groups in total. The van der Waals surface area contributed by atoms with E-state index in [0.717, 1.165) is 16.7 Å². The number of anilines is 1. The molecule has 0 atom stereocenters. The molecule has 1 aliphatic rings. The van der Waals surface area contributed by atoms with Crippen LogP contribution >= 0.6 is 35.0 Å². The molecule has 5 nitrogen and oxygen atoms in total. The summed E-state index contributed by atoms with van der Waals surface area (Å²) in [6.07, 6.45) is 1.50. The molecular weight excluding hydrogens is 421 g/mol. The first-order valence-electron chi connectivity index (χ1n) is 8.04. The van der Waals surface area contributed by atoms with Crippen molar-refractivity contribution in [3.05, 3.63) is 75.3 Å². The van der Waals surface area contributed by atoms with Gasteiger partial charge in [-0.3, -0.25) is 9.59 Å². The smallest absolute Gasteiger partial charge is 0.298 e. The molecule has 2 amide bonds. The average molecular weight is 432 g/mol. The fourth-order valence-electron chi connectivity index (χ4n) is 2.71. The molecule has 1 fully saturated rings. The number of halogens is 2. The lowest BCUT2D eigenvalue weighted by Gasteiger charge is -2.12. The van der Waals surface area contributed by atoms with Crippen LogP contribution in [0, 0.1) is 0 Å². The van der Waals surface area contributed by atoms with E-state index in [4.69, 9.17) is 27.6 Å². The Hall–Kier alpha value is -2.67. The van der Waals surface area contributed by atoms with Gasteiger partial charge in [-0.1, -0.05) is 29.3 Å². The zero-order valence-electron chi connectivity index (χ0n) is 14.1. The molecule has 1 aromatic heterocycles. The maximum atomic E-state index is 12.7. The number of carbonyl (C=O) groups is 2. The van der Waals surface area contributed by atoms with Gasteiger partial charge in [-0.25, -0.2) is 4.90 Å². The molecule has 3 aromatic rings. The summed E-state index contributed by atoms with van der Waals surface area (Å²) in [7, 11) is 0. The maximum absolute atomic E-state index is 12.7. The topological polar surface area (TPSA) is 70.8 Å². The van der Waals surface area contributed by atoms with Crippen molar-refractivity contribution in [2.75, 3.05) is 4.90 Å². The monoisotopic (exact) mass is 431 g/mol. The van der Waals surface area contributed by atoms with E-state index < -0.39 is 11.1 Å². The Bertz CT molecular complexity index is 1140. The molecule has 1 saturated heterocycles. The zero-order chi connectivity index (χ0) is 19.8. The van der Waals surface area contributed by atoms with Gasteiger partial charge in [0.2, 0.25) is 0 Å². The summed E-state index contributed by atoms with van der Waals surface area (Å²) in [5.41, 5.74) is 0.929. The van der Waals surface area contributed by atoms with Gasteiger partial charge in [0, 0.05) is 22.7 Å². The first-order chi connectivity index (χ1) is 13.4. The minimum Gasteiger partial charge on any atom is -0.508 e. The number of phenolic OH excluding ortho intramolecular Hbond substituents is 1. The minimum atomic E-state index is -0.487. The molecule has 0 unspecified atom stereocenters. The van der Waals surface area contributed by atoms with E-state index in [2.05, 4.69) is 0 Å². The van der Waals surface area contributed by atoms with Gasteiger partial charge < -0.3 is 9.52 Å². The largest absolute Gasteiger partial charge is 0.508 e. The predicted octanol–water partition coefficient (Wildman–Crippen LogP) is 6.20. The third-order valence-electron chi connectivity index (χ3n) is 3.98. The summed E-state index contributed by atoms with van der Waals surface area (Å²) in [4.78, 5) is 26.2. The Kier molecular flexibility index (Phi) is 4.93. The molecular formula is C20H11Cl2NO4S. The number of imide groups is 1. The van der Waals surface area contributed by atoms with Gasteiger partial charge in [0.15, 0.2) is 0 Å². The van der Waals surface area contributed by atoms with Crippen molar-refractivity contribution in [2.24, 2.45) is 0 Å². The number of thioether (sulfide) groups is 1. The molecule has 2 aromatic carbocycles. The second-order valence-electron chi connectivity index (χ2n) is 5.86. The average Bonchev–Trinajstić information content (AvgIpc) is 3.22. The first kappa shape index (κ1) is 18.7. The van der Waals surface area contributed by atoms with Gasteiger partial charge in [-0.2, -0.15) is 0 Å². The van der Waals surface area contributed by atoms with Crippen LogP contribution in [0.3, 0.4) is 0 Å². The second-order valence-corrected chi connectivity index (χ2v) is 7.70. The molecule has 0 bridgehead atoms. The fourth-order valence-corrected chi connectivity index (χ4v) is 3.92. The van der Waals surface area contributed by atoms with Gasteiger partial charge in [0.05, 0.1) is 15.6 Å². The van der Waals surface area contributed by atoms with Crippen molar-refractivity contribution in [3.8, 4) is 17.1 Å². The van der Waals surface area contributed by atoms with Crippen LogP contribution in [-0.2, 0) is 4.79 Å². The third-order valence-corrected chi connectivity index (χ3v) is 5.41. The molecule has 8 heteroatoms. The number of benzene rings is 2. The van der Waals surface area contributed by atoms with Crippen LogP contribution < -0.4 is 4.90 Å². The quantitative estimate of drug-likeness (QED) is 0.499. The predicted molar refractivity (Wildman–Crippen MR) is 111 cm³/mol. The van der Waals surface area contributed by atoms with E-state index in [1.54, 1.807) is 42.5 Å². The normalized spacial score (nSPS) is 15.6. The number of amides is 2. The Labute approximate surface area is 174 Å². The molecule has 0 spiro atoms. The summed E-state index contributed by atoms with van der Waals surface area (Å²) in [5, 5.41) is 10.1. The maximum Gasteiger partial charge on any atom is 0.298 e. The number of aromatic hydroxyl groups is 1. The highest BCUT2D eigenvalue weighted by atomic mass is 35.5. The number of hydrogen-bond acceptors (Lipinski definition) is 5. The van der Waals surface area contributed by atoms with Crippen molar-refractivity contribution in [3.63, 3.8) is 0 Å². The van der Waals surface area contributed by atoms with Crippen molar-refractivity contribution in [2.45, 2.75) is 0 Å². The molecule has 140 valence electrons. The van der Waals surface area contributed by atoms with E-state index in [9.17, 15) is 14.7 Å². The molecule has 0 saturated carbocycles. The fraction of sp³-hybridized carbons (Fsp3) is 0. The third kappa shape index (κ3) is 3.54. The number of hydrogen-bond donors (Lipinski definition) is 1. The standard InChI is InChI=1S/C20H11Cl2NO4S/c21-11-4-6-16(22)15(8-11)17-7-5-14(27-17)10-18-19(25)23(20(26)28-18)12-2-1-3-13(24)9-12/h1-10,24H/b18-10-. The zero-order valence-corrected chi connectivity index (χ0v) is 16.4. The van der Waals surface area contributed by atoms with Crippen LogP contribution in [0.15, 0.2) is 63.9 Å². The van der Waals surface area contributed by atoms with Gasteiger partial charge in [-0.05, 0) is 54.2 Å². The number of furan rings is 1. The lowest BCUT2D eigenvalue weighted by atomic mass is 10.2. The lowest BCUT2D eigenvalue weighted by Crippen LogP contribution is -2.27. The SMILES string of the molecule is O=C1S/C(=C\c2ccc(-c3cc(Cl)ccc3Cl)o2)C(=O)N1c1cccc(O)c1. The number of nitrogens with zero attached hydrogens (tertiary/aromatic N) is 1. The molecule has 2 heterocycles. The summed E-state index contributed by atoms with van der Waals surface area (Å²) in [5.74, 6) is 0.368. The summed E-state index contributed by atoms with van der Waals surface area (Å²) >= 11 is 13.0. The van der Waals surface area contributed by atoms with E-state index >= 15 is 0 Å².